The van der Waals surface area contributed by atoms with Crippen LogP contribution < -0.4 is 10.2 Å². The van der Waals surface area contributed by atoms with Crippen molar-refractivity contribution in [1.82, 2.24) is 24.9 Å². The number of nitrogens with zero attached hydrogens (tertiary/aromatic N) is 5. The zero-order valence-corrected chi connectivity index (χ0v) is 17.7. The van der Waals surface area contributed by atoms with Gasteiger partial charge in [0.15, 0.2) is 5.82 Å². The van der Waals surface area contributed by atoms with Gasteiger partial charge in [-0.05, 0) is 12.1 Å². The molecule has 9 nitrogen and oxygen atoms in total. The van der Waals surface area contributed by atoms with Crippen molar-refractivity contribution in [2.45, 2.75) is 13.3 Å². The summed E-state index contributed by atoms with van der Waals surface area (Å²) in [6.07, 6.45) is 1.49. The smallest absolute Gasteiger partial charge is 0.261 e. The topological polar surface area (TPSA) is 113 Å². The summed E-state index contributed by atoms with van der Waals surface area (Å²) in [5, 5.41) is 13.1. The molecule has 0 spiro atoms. The van der Waals surface area contributed by atoms with E-state index in [1.54, 1.807) is 0 Å². The Kier molecular flexibility index (Phi) is 6.25. The van der Waals surface area contributed by atoms with Crippen LogP contribution in [0.4, 0.5) is 5.82 Å². The quantitative estimate of drug-likeness (QED) is 0.575. The van der Waals surface area contributed by atoms with Gasteiger partial charge in [-0.2, -0.15) is 8.42 Å². The monoisotopic (exact) mass is 446 g/mol. The van der Waals surface area contributed by atoms with E-state index in [4.69, 9.17) is 32.7 Å². The lowest BCUT2D eigenvalue weighted by Crippen LogP contribution is -2.44. The number of halogens is 2. The van der Waals surface area contributed by atoms with Crippen molar-refractivity contribution in [3.05, 3.63) is 28.0 Å². The van der Waals surface area contributed by atoms with E-state index in [1.165, 1.54) is 0 Å². The summed E-state index contributed by atoms with van der Waals surface area (Å²) < 4.78 is 27.9. The van der Waals surface area contributed by atoms with Crippen molar-refractivity contribution in [3.63, 3.8) is 0 Å². The van der Waals surface area contributed by atoms with E-state index in [2.05, 4.69) is 27.3 Å². The minimum Gasteiger partial charge on any atom is -0.351 e. The van der Waals surface area contributed by atoms with E-state index >= 15 is 0 Å². The average Bonchev–Trinajstić information content (AvgIpc) is 3.06. The Labute approximate surface area is 172 Å². The molecule has 3 aromatic rings. The van der Waals surface area contributed by atoms with Crippen LogP contribution in [0.2, 0.25) is 10.0 Å². The molecule has 0 amide bonds. The number of rotatable bonds is 2. The lowest BCUT2D eigenvalue weighted by Gasteiger charge is -2.28. The largest absolute Gasteiger partial charge is 0.351 e. The van der Waals surface area contributed by atoms with Gasteiger partial charge < -0.3 is 10.2 Å². The van der Waals surface area contributed by atoms with Gasteiger partial charge >= 0.3 is 0 Å². The third kappa shape index (κ3) is 4.64. The molecule has 4 rings (SSSR count). The van der Waals surface area contributed by atoms with Crippen LogP contribution in [0.5, 0.6) is 0 Å². The molecule has 0 radical (unpaired) electrons. The molecule has 12 heteroatoms. The van der Waals surface area contributed by atoms with Crippen molar-refractivity contribution in [1.29, 1.82) is 0 Å². The zero-order valence-electron chi connectivity index (χ0n) is 15.4. The Hall–Kier alpha value is -1.72. The average molecular weight is 447 g/mol. The Morgan fingerprint density at radius 1 is 1.18 bits per heavy atom. The maximum atomic E-state index is 9.19. The van der Waals surface area contributed by atoms with Gasteiger partial charge in [-0.25, -0.2) is 4.98 Å². The summed E-state index contributed by atoms with van der Waals surface area (Å²) in [5.74, 6) is 1.74. The summed E-state index contributed by atoms with van der Waals surface area (Å²) in [7, 11) is -3.67. The number of fused-ring (bicyclic) bond motifs is 3. The number of hydrogen-bond donors (Lipinski definition) is 2. The highest BCUT2D eigenvalue weighted by molar-refractivity contribution is 7.85. The molecule has 152 valence electrons. The van der Waals surface area contributed by atoms with E-state index < -0.39 is 10.1 Å². The fraction of sp³-hybridized carbons (Fsp3) is 0.438. The lowest BCUT2D eigenvalue weighted by atomic mass is 10.2. The second-order valence-electron chi connectivity index (χ2n) is 6.29. The van der Waals surface area contributed by atoms with Gasteiger partial charge in [0.05, 0.1) is 27.3 Å². The van der Waals surface area contributed by atoms with E-state index in [1.807, 2.05) is 16.5 Å². The number of anilines is 1. The summed E-state index contributed by atoms with van der Waals surface area (Å²) in [5.41, 5.74) is 2.46. The van der Waals surface area contributed by atoms with Crippen molar-refractivity contribution in [2.75, 3.05) is 37.3 Å². The molecule has 0 unspecified atom stereocenters. The number of benzene rings is 1. The number of aromatic nitrogens is 4. The highest BCUT2D eigenvalue weighted by Crippen LogP contribution is 2.31. The first-order chi connectivity index (χ1) is 13.2. The van der Waals surface area contributed by atoms with Gasteiger partial charge in [-0.3, -0.25) is 8.95 Å². The lowest BCUT2D eigenvalue weighted by molar-refractivity contribution is 0.490. The van der Waals surface area contributed by atoms with Crippen LogP contribution in [0, 0.1) is 0 Å². The molecule has 0 atom stereocenters. The third-order valence-electron chi connectivity index (χ3n) is 4.15. The van der Waals surface area contributed by atoms with Gasteiger partial charge in [0.2, 0.25) is 5.65 Å². The van der Waals surface area contributed by atoms with Crippen molar-refractivity contribution in [3.8, 4) is 0 Å². The number of piperazine rings is 1. The molecule has 1 aromatic carbocycles. The predicted molar refractivity (Wildman–Crippen MR) is 110 cm³/mol. The van der Waals surface area contributed by atoms with E-state index in [0.29, 0.717) is 16.3 Å². The highest BCUT2D eigenvalue weighted by Gasteiger charge is 2.21. The van der Waals surface area contributed by atoms with E-state index in [0.717, 1.165) is 60.9 Å². The summed E-state index contributed by atoms with van der Waals surface area (Å²) in [6, 6.07) is 3.65. The van der Waals surface area contributed by atoms with Crippen LogP contribution in [0.15, 0.2) is 12.1 Å². The predicted octanol–water partition coefficient (Wildman–Crippen LogP) is 2.06. The SMILES string of the molecule is CCc1nnc2c(N3CCNCC3)nc3cc(Cl)c(Cl)cc3n12.CS(=O)(=O)O. The van der Waals surface area contributed by atoms with Crippen LogP contribution in [0.1, 0.15) is 12.7 Å². The summed E-state index contributed by atoms with van der Waals surface area (Å²) >= 11 is 12.4. The van der Waals surface area contributed by atoms with Gasteiger partial charge in [-0.15, -0.1) is 10.2 Å². The molecular formula is C16H20Cl2N6O3S. The van der Waals surface area contributed by atoms with Crippen LogP contribution in [0.25, 0.3) is 16.7 Å². The van der Waals surface area contributed by atoms with Crippen LogP contribution >= 0.6 is 23.2 Å². The second kappa shape index (κ2) is 8.34. The Morgan fingerprint density at radius 3 is 2.39 bits per heavy atom. The molecule has 0 aliphatic carbocycles. The van der Waals surface area contributed by atoms with E-state index in [-0.39, 0.29) is 0 Å². The molecular weight excluding hydrogens is 427 g/mol. The molecule has 2 N–H and O–H groups in total. The first kappa shape index (κ1) is 21.0. The molecule has 2 aromatic heterocycles. The maximum Gasteiger partial charge on any atom is 0.261 e. The molecule has 1 fully saturated rings. The Balaban J connectivity index is 0.000000403. The number of aryl methyl sites for hydroxylation is 1. The van der Waals surface area contributed by atoms with Crippen LogP contribution in [-0.2, 0) is 16.5 Å². The molecule has 1 aliphatic rings. The molecule has 1 saturated heterocycles. The maximum absolute atomic E-state index is 9.19. The fourth-order valence-electron chi connectivity index (χ4n) is 2.99. The van der Waals surface area contributed by atoms with Crippen molar-refractivity contribution < 1.29 is 13.0 Å². The molecule has 3 heterocycles. The second-order valence-corrected chi connectivity index (χ2v) is 8.57. The third-order valence-corrected chi connectivity index (χ3v) is 4.87. The van der Waals surface area contributed by atoms with Gasteiger partial charge in [0.25, 0.3) is 10.1 Å². The fourth-order valence-corrected chi connectivity index (χ4v) is 3.31. The molecule has 0 saturated carbocycles. The molecule has 0 bridgehead atoms. The number of nitrogens with one attached hydrogen (secondary N) is 1. The Bertz CT molecular complexity index is 1100. The normalized spacial score (nSPS) is 15.0. The minimum atomic E-state index is -3.67. The first-order valence-electron chi connectivity index (χ1n) is 8.60. The van der Waals surface area contributed by atoms with Gasteiger partial charge in [0.1, 0.15) is 5.82 Å². The van der Waals surface area contributed by atoms with Crippen molar-refractivity contribution in [2.24, 2.45) is 0 Å². The van der Waals surface area contributed by atoms with Gasteiger partial charge in [0, 0.05) is 32.6 Å². The zero-order chi connectivity index (χ0) is 20.5. The van der Waals surface area contributed by atoms with Crippen molar-refractivity contribution >= 4 is 55.8 Å². The van der Waals surface area contributed by atoms with E-state index in [9.17, 15) is 8.42 Å². The number of hydrogen-bond acceptors (Lipinski definition) is 7. The van der Waals surface area contributed by atoms with Crippen LogP contribution in [-0.4, -0.2) is 65.0 Å². The minimum absolute atomic E-state index is 0.503. The summed E-state index contributed by atoms with van der Waals surface area (Å²) in [4.78, 5) is 7.05. The van der Waals surface area contributed by atoms with Crippen LogP contribution in [0.3, 0.4) is 0 Å². The summed E-state index contributed by atoms with van der Waals surface area (Å²) in [6.45, 7) is 5.71. The van der Waals surface area contributed by atoms with Gasteiger partial charge in [-0.1, -0.05) is 30.1 Å². The Morgan fingerprint density at radius 2 is 1.79 bits per heavy atom. The standard InChI is InChI=1S/C15H16Cl2N6.CH4O3S/c1-2-13-20-21-15-14(22-5-3-18-4-6-22)19-11-7-9(16)10(17)8-12(11)23(13)15;1-5(2,3)4/h7-8,18H,2-6H2,1H3;1H3,(H,2,3,4). The molecule has 28 heavy (non-hydrogen) atoms. The molecule has 1 aliphatic heterocycles. The first-order valence-corrected chi connectivity index (χ1v) is 11.2. The highest BCUT2D eigenvalue weighted by atomic mass is 35.5.